The summed E-state index contributed by atoms with van der Waals surface area (Å²) in [6.45, 7) is 3.04. The van der Waals surface area contributed by atoms with Crippen molar-refractivity contribution in [1.29, 1.82) is 0 Å². The van der Waals surface area contributed by atoms with Crippen molar-refractivity contribution in [3.63, 3.8) is 0 Å². The minimum Gasteiger partial charge on any atom is -0.406 e. The molecule has 0 aliphatic carbocycles. The Bertz CT molecular complexity index is 401. The summed E-state index contributed by atoms with van der Waals surface area (Å²) in [5.74, 6) is -0.286. The maximum absolute atomic E-state index is 11.9. The van der Waals surface area contributed by atoms with E-state index in [1.54, 1.807) is 0 Å². The Labute approximate surface area is 109 Å². The molecule has 0 spiro atoms. The molecule has 0 unspecified atom stereocenters. The third kappa shape index (κ3) is 6.81. The number of carbonyl (C=O) groups excluding carboxylic acids is 1. The van der Waals surface area contributed by atoms with Crippen LogP contribution in [0.15, 0.2) is 24.3 Å². The summed E-state index contributed by atoms with van der Waals surface area (Å²) in [7, 11) is 0. The highest BCUT2D eigenvalue weighted by atomic mass is 19.4. The Balaban J connectivity index is 2.46. The SMILES string of the molecule is CCCNCC(=O)Cc1ccc(OC(F)(F)F)cc1. The van der Waals surface area contributed by atoms with Gasteiger partial charge in [-0.15, -0.1) is 13.2 Å². The van der Waals surface area contributed by atoms with E-state index in [-0.39, 0.29) is 24.5 Å². The highest BCUT2D eigenvalue weighted by Crippen LogP contribution is 2.22. The summed E-state index contributed by atoms with van der Waals surface area (Å²) in [5, 5.41) is 2.97. The van der Waals surface area contributed by atoms with Crippen LogP contribution in [0.25, 0.3) is 0 Å². The largest absolute Gasteiger partial charge is 0.573 e. The topological polar surface area (TPSA) is 38.3 Å². The molecule has 0 aromatic heterocycles. The Morgan fingerprint density at radius 3 is 2.42 bits per heavy atom. The van der Waals surface area contributed by atoms with Crippen molar-refractivity contribution >= 4 is 5.78 Å². The Morgan fingerprint density at radius 1 is 1.26 bits per heavy atom. The summed E-state index contributed by atoms with van der Waals surface area (Å²) < 4.78 is 39.6. The van der Waals surface area contributed by atoms with Crippen molar-refractivity contribution in [2.45, 2.75) is 26.1 Å². The average molecular weight is 275 g/mol. The second kappa shape index (κ2) is 7.13. The van der Waals surface area contributed by atoms with E-state index in [1.807, 2.05) is 6.92 Å². The molecule has 106 valence electrons. The molecular formula is C13H16F3NO2. The number of benzene rings is 1. The number of halogens is 3. The molecule has 1 N–H and O–H groups in total. The lowest BCUT2D eigenvalue weighted by Crippen LogP contribution is -2.24. The summed E-state index contributed by atoms with van der Waals surface area (Å²) >= 11 is 0. The normalized spacial score (nSPS) is 11.4. The molecule has 0 saturated heterocycles. The molecule has 3 nitrogen and oxygen atoms in total. The number of Topliss-reactive ketones (excluding diaryl/α,β-unsaturated/α-hetero) is 1. The van der Waals surface area contributed by atoms with E-state index in [2.05, 4.69) is 10.1 Å². The van der Waals surface area contributed by atoms with Crippen LogP contribution in [-0.2, 0) is 11.2 Å². The van der Waals surface area contributed by atoms with E-state index in [0.29, 0.717) is 5.56 Å². The molecule has 1 aromatic rings. The van der Waals surface area contributed by atoms with Crippen molar-refractivity contribution in [2.75, 3.05) is 13.1 Å². The van der Waals surface area contributed by atoms with Gasteiger partial charge in [-0.25, -0.2) is 0 Å². The highest BCUT2D eigenvalue weighted by Gasteiger charge is 2.30. The quantitative estimate of drug-likeness (QED) is 0.778. The third-order valence-corrected chi connectivity index (χ3v) is 2.31. The monoisotopic (exact) mass is 275 g/mol. The molecule has 0 amide bonds. The molecule has 0 radical (unpaired) electrons. The molecule has 1 aromatic carbocycles. The molecule has 0 atom stereocenters. The number of alkyl halides is 3. The van der Waals surface area contributed by atoms with Crippen molar-refractivity contribution in [3.05, 3.63) is 29.8 Å². The smallest absolute Gasteiger partial charge is 0.406 e. The fourth-order valence-electron chi connectivity index (χ4n) is 1.50. The number of ether oxygens (including phenoxy) is 1. The van der Waals surface area contributed by atoms with Gasteiger partial charge in [0.05, 0.1) is 6.54 Å². The lowest BCUT2D eigenvalue weighted by molar-refractivity contribution is -0.274. The van der Waals surface area contributed by atoms with Crippen LogP contribution in [0.5, 0.6) is 5.75 Å². The third-order valence-electron chi connectivity index (χ3n) is 2.31. The fourth-order valence-corrected chi connectivity index (χ4v) is 1.50. The Kier molecular flexibility index (Phi) is 5.82. The van der Waals surface area contributed by atoms with Gasteiger partial charge in [-0.05, 0) is 30.7 Å². The van der Waals surface area contributed by atoms with Crippen molar-refractivity contribution in [3.8, 4) is 5.75 Å². The molecule has 0 saturated carbocycles. The predicted octanol–water partition coefficient (Wildman–Crippen LogP) is 2.70. The van der Waals surface area contributed by atoms with Crippen LogP contribution in [-0.4, -0.2) is 25.2 Å². The van der Waals surface area contributed by atoms with Gasteiger partial charge < -0.3 is 10.1 Å². The molecule has 19 heavy (non-hydrogen) atoms. The van der Waals surface area contributed by atoms with Crippen molar-refractivity contribution in [1.82, 2.24) is 5.32 Å². The van der Waals surface area contributed by atoms with Crippen LogP contribution >= 0.6 is 0 Å². The standard InChI is InChI=1S/C13H16F3NO2/c1-2-7-17-9-11(18)8-10-3-5-12(6-4-10)19-13(14,15)16/h3-6,17H,2,7-9H2,1H3. The maximum Gasteiger partial charge on any atom is 0.573 e. The van der Waals surface area contributed by atoms with Crippen LogP contribution < -0.4 is 10.1 Å². The fraction of sp³-hybridized carbons (Fsp3) is 0.462. The molecule has 0 aliphatic rings. The van der Waals surface area contributed by atoms with Crippen LogP contribution in [0.4, 0.5) is 13.2 Å². The zero-order chi connectivity index (χ0) is 14.3. The van der Waals surface area contributed by atoms with Crippen LogP contribution in [0.1, 0.15) is 18.9 Å². The molecule has 6 heteroatoms. The Morgan fingerprint density at radius 2 is 1.89 bits per heavy atom. The van der Waals surface area contributed by atoms with E-state index in [4.69, 9.17) is 0 Å². The van der Waals surface area contributed by atoms with Gasteiger partial charge in [0.2, 0.25) is 0 Å². The van der Waals surface area contributed by atoms with Crippen molar-refractivity contribution in [2.24, 2.45) is 0 Å². The van der Waals surface area contributed by atoms with Gasteiger partial charge in [0.25, 0.3) is 0 Å². The lowest BCUT2D eigenvalue weighted by Gasteiger charge is -2.09. The lowest BCUT2D eigenvalue weighted by atomic mass is 10.1. The van der Waals surface area contributed by atoms with Crippen LogP contribution in [0, 0.1) is 0 Å². The van der Waals surface area contributed by atoms with Gasteiger partial charge in [0.1, 0.15) is 5.75 Å². The highest BCUT2D eigenvalue weighted by molar-refractivity contribution is 5.82. The summed E-state index contributed by atoms with van der Waals surface area (Å²) in [5.41, 5.74) is 0.665. The van der Waals surface area contributed by atoms with E-state index >= 15 is 0 Å². The van der Waals surface area contributed by atoms with Crippen LogP contribution in [0.2, 0.25) is 0 Å². The molecule has 1 rings (SSSR count). The van der Waals surface area contributed by atoms with Gasteiger partial charge in [-0.1, -0.05) is 19.1 Å². The zero-order valence-corrected chi connectivity index (χ0v) is 10.6. The minimum absolute atomic E-state index is 0.00191. The molecular weight excluding hydrogens is 259 g/mol. The zero-order valence-electron chi connectivity index (χ0n) is 10.6. The minimum atomic E-state index is -4.69. The number of rotatable bonds is 7. The van der Waals surface area contributed by atoms with E-state index < -0.39 is 6.36 Å². The van der Waals surface area contributed by atoms with Gasteiger partial charge >= 0.3 is 6.36 Å². The number of nitrogens with one attached hydrogen (secondary N) is 1. The van der Waals surface area contributed by atoms with E-state index in [9.17, 15) is 18.0 Å². The molecule has 0 fully saturated rings. The first kappa shape index (κ1) is 15.5. The number of hydrogen-bond donors (Lipinski definition) is 1. The number of carbonyl (C=O) groups is 1. The van der Waals surface area contributed by atoms with Crippen LogP contribution in [0.3, 0.4) is 0 Å². The second-order valence-electron chi connectivity index (χ2n) is 4.08. The average Bonchev–Trinajstić information content (AvgIpc) is 2.30. The number of ketones is 1. The first-order chi connectivity index (χ1) is 8.90. The van der Waals surface area contributed by atoms with Gasteiger partial charge in [-0.2, -0.15) is 0 Å². The second-order valence-corrected chi connectivity index (χ2v) is 4.08. The molecule has 0 heterocycles. The first-order valence-electron chi connectivity index (χ1n) is 5.98. The summed E-state index contributed by atoms with van der Waals surface area (Å²) in [6, 6.07) is 5.32. The predicted molar refractivity (Wildman–Crippen MR) is 65.0 cm³/mol. The van der Waals surface area contributed by atoms with Gasteiger partial charge in [0.15, 0.2) is 5.78 Å². The number of hydrogen-bond acceptors (Lipinski definition) is 3. The molecule has 0 aliphatic heterocycles. The van der Waals surface area contributed by atoms with E-state index in [1.165, 1.54) is 24.3 Å². The first-order valence-corrected chi connectivity index (χ1v) is 5.98. The maximum atomic E-state index is 11.9. The summed E-state index contributed by atoms with van der Waals surface area (Å²) in [4.78, 5) is 11.5. The van der Waals surface area contributed by atoms with Gasteiger partial charge in [0, 0.05) is 6.42 Å². The summed E-state index contributed by atoms with van der Waals surface area (Å²) in [6.07, 6.45) is -3.55. The Hall–Kier alpha value is -1.56. The van der Waals surface area contributed by atoms with Gasteiger partial charge in [-0.3, -0.25) is 4.79 Å². The van der Waals surface area contributed by atoms with E-state index in [0.717, 1.165) is 13.0 Å². The van der Waals surface area contributed by atoms with Crippen molar-refractivity contribution < 1.29 is 22.7 Å². The molecule has 0 bridgehead atoms.